The van der Waals surface area contributed by atoms with Crippen molar-refractivity contribution in [3.05, 3.63) is 34.6 Å². The van der Waals surface area contributed by atoms with Crippen LogP contribution in [-0.4, -0.2) is 58.1 Å². The van der Waals surface area contributed by atoms with E-state index in [4.69, 9.17) is 28.2 Å². The Morgan fingerprint density at radius 2 is 1.83 bits per heavy atom. The molecule has 6 nitrogen and oxygen atoms in total. The maximum atomic E-state index is 6.14. The van der Waals surface area contributed by atoms with Gasteiger partial charge in [-0.1, -0.05) is 23.2 Å². The summed E-state index contributed by atoms with van der Waals surface area (Å²) in [4.78, 5) is 21.4. The van der Waals surface area contributed by atoms with Gasteiger partial charge in [0.15, 0.2) is 17.3 Å². The standard InChI is InChI=1S/C16H16Cl2N6/c1-23-4-6-24(7-5-23)16-13-15(20-9-19-13)21-14(22-16)10-2-3-11(17)12(18)8-10/h2-3,8-9H,4-7H2,1H3,(H,19,20,21,22). The predicted octanol–water partition coefficient (Wildman–Crippen LogP) is 3.08. The van der Waals surface area contributed by atoms with E-state index in [0.29, 0.717) is 21.5 Å². The fourth-order valence-electron chi connectivity index (χ4n) is 2.83. The van der Waals surface area contributed by atoms with Gasteiger partial charge in [-0.05, 0) is 25.2 Å². The Balaban J connectivity index is 1.81. The smallest absolute Gasteiger partial charge is 0.183 e. The summed E-state index contributed by atoms with van der Waals surface area (Å²) in [6.45, 7) is 3.84. The van der Waals surface area contributed by atoms with Gasteiger partial charge in [0.25, 0.3) is 0 Å². The summed E-state index contributed by atoms with van der Waals surface area (Å²) in [5.41, 5.74) is 2.34. The molecule has 0 bridgehead atoms. The molecule has 1 saturated heterocycles. The van der Waals surface area contributed by atoms with E-state index in [2.05, 4.69) is 31.8 Å². The van der Waals surface area contributed by atoms with Crippen LogP contribution in [-0.2, 0) is 0 Å². The van der Waals surface area contributed by atoms with Gasteiger partial charge in [-0.25, -0.2) is 15.0 Å². The second-order valence-electron chi connectivity index (χ2n) is 5.89. The van der Waals surface area contributed by atoms with Crippen molar-refractivity contribution in [2.75, 3.05) is 38.1 Å². The molecule has 0 amide bonds. The molecule has 0 unspecified atom stereocenters. The minimum absolute atomic E-state index is 0.487. The first-order valence-corrected chi connectivity index (χ1v) is 8.47. The monoisotopic (exact) mass is 362 g/mol. The Labute approximate surface area is 149 Å². The zero-order chi connectivity index (χ0) is 16.7. The molecule has 0 saturated carbocycles. The number of hydrogen-bond donors (Lipinski definition) is 1. The van der Waals surface area contributed by atoms with Gasteiger partial charge < -0.3 is 14.8 Å². The van der Waals surface area contributed by atoms with Crippen LogP contribution in [0, 0.1) is 0 Å². The van der Waals surface area contributed by atoms with E-state index in [0.717, 1.165) is 43.1 Å². The summed E-state index contributed by atoms with van der Waals surface area (Å²) in [5.74, 6) is 1.48. The lowest BCUT2D eigenvalue weighted by molar-refractivity contribution is 0.312. The lowest BCUT2D eigenvalue weighted by Gasteiger charge is -2.33. The minimum Gasteiger partial charge on any atom is -0.352 e. The van der Waals surface area contributed by atoms with E-state index in [-0.39, 0.29) is 0 Å². The van der Waals surface area contributed by atoms with E-state index in [1.54, 1.807) is 18.5 Å². The fraction of sp³-hybridized carbons (Fsp3) is 0.312. The lowest BCUT2D eigenvalue weighted by Crippen LogP contribution is -2.45. The highest BCUT2D eigenvalue weighted by atomic mass is 35.5. The molecule has 124 valence electrons. The second-order valence-corrected chi connectivity index (χ2v) is 6.71. The molecule has 1 aliphatic heterocycles. The quantitative estimate of drug-likeness (QED) is 0.758. The number of aromatic amines is 1. The number of aromatic nitrogens is 4. The van der Waals surface area contributed by atoms with Crippen molar-refractivity contribution in [1.29, 1.82) is 0 Å². The summed E-state index contributed by atoms with van der Waals surface area (Å²) in [7, 11) is 2.13. The van der Waals surface area contributed by atoms with Gasteiger partial charge in [0, 0.05) is 31.7 Å². The molecule has 0 atom stereocenters. The summed E-state index contributed by atoms with van der Waals surface area (Å²) in [6.07, 6.45) is 1.65. The number of rotatable bonds is 2. The number of halogens is 2. The van der Waals surface area contributed by atoms with E-state index in [1.165, 1.54) is 0 Å². The van der Waals surface area contributed by atoms with E-state index >= 15 is 0 Å². The van der Waals surface area contributed by atoms with Gasteiger partial charge >= 0.3 is 0 Å². The van der Waals surface area contributed by atoms with E-state index in [1.807, 2.05) is 6.07 Å². The molecule has 24 heavy (non-hydrogen) atoms. The molecule has 1 aromatic carbocycles. The van der Waals surface area contributed by atoms with Crippen molar-refractivity contribution in [1.82, 2.24) is 24.8 Å². The average Bonchev–Trinajstić information content (AvgIpc) is 3.06. The minimum atomic E-state index is 0.487. The molecule has 0 radical (unpaired) electrons. The summed E-state index contributed by atoms with van der Waals surface area (Å²) >= 11 is 12.1. The van der Waals surface area contributed by atoms with Crippen LogP contribution in [0.15, 0.2) is 24.5 Å². The van der Waals surface area contributed by atoms with Crippen molar-refractivity contribution >= 4 is 40.2 Å². The molecule has 3 heterocycles. The molecule has 4 rings (SSSR count). The normalized spacial score (nSPS) is 16.0. The van der Waals surface area contributed by atoms with Crippen molar-refractivity contribution in [3.63, 3.8) is 0 Å². The number of fused-ring (bicyclic) bond motifs is 1. The van der Waals surface area contributed by atoms with Crippen LogP contribution in [0.25, 0.3) is 22.6 Å². The summed E-state index contributed by atoms with van der Waals surface area (Å²) in [6, 6.07) is 5.41. The molecule has 0 aliphatic carbocycles. The Morgan fingerprint density at radius 3 is 2.58 bits per heavy atom. The topological polar surface area (TPSA) is 60.9 Å². The van der Waals surface area contributed by atoms with Gasteiger partial charge in [0.05, 0.1) is 16.4 Å². The molecular weight excluding hydrogens is 347 g/mol. The van der Waals surface area contributed by atoms with Crippen LogP contribution < -0.4 is 4.90 Å². The number of likely N-dealkylation sites (N-methyl/N-ethyl adjacent to an activating group) is 1. The number of benzene rings is 1. The Hall–Kier alpha value is -1.89. The van der Waals surface area contributed by atoms with Crippen LogP contribution in [0.4, 0.5) is 5.82 Å². The predicted molar refractivity (Wildman–Crippen MR) is 96.8 cm³/mol. The maximum Gasteiger partial charge on any atom is 0.183 e. The first-order valence-electron chi connectivity index (χ1n) is 7.72. The third-order valence-corrected chi connectivity index (χ3v) is 4.99. The number of anilines is 1. The first-order chi connectivity index (χ1) is 11.6. The lowest BCUT2D eigenvalue weighted by atomic mass is 10.2. The molecule has 8 heteroatoms. The number of piperazine rings is 1. The van der Waals surface area contributed by atoms with Crippen molar-refractivity contribution in [2.24, 2.45) is 0 Å². The average molecular weight is 363 g/mol. The molecule has 0 spiro atoms. The number of H-pyrrole nitrogens is 1. The highest BCUT2D eigenvalue weighted by Crippen LogP contribution is 2.30. The number of imidazole rings is 1. The zero-order valence-electron chi connectivity index (χ0n) is 13.1. The highest BCUT2D eigenvalue weighted by molar-refractivity contribution is 6.42. The SMILES string of the molecule is CN1CCN(c2nc(-c3ccc(Cl)c(Cl)c3)nc3nc[nH]c23)CC1. The van der Waals surface area contributed by atoms with Crippen molar-refractivity contribution in [2.45, 2.75) is 0 Å². The van der Waals surface area contributed by atoms with Gasteiger partial charge in [-0.15, -0.1) is 0 Å². The van der Waals surface area contributed by atoms with Crippen LogP contribution >= 0.6 is 23.2 Å². The van der Waals surface area contributed by atoms with E-state index in [9.17, 15) is 0 Å². The van der Waals surface area contributed by atoms with Crippen molar-refractivity contribution in [3.8, 4) is 11.4 Å². The van der Waals surface area contributed by atoms with Gasteiger partial charge in [-0.3, -0.25) is 0 Å². The van der Waals surface area contributed by atoms with Crippen LogP contribution in [0.3, 0.4) is 0 Å². The summed E-state index contributed by atoms with van der Waals surface area (Å²) < 4.78 is 0. The molecule has 1 aliphatic rings. The van der Waals surface area contributed by atoms with Crippen LogP contribution in [0.2, 0.25) is 10.0 Å². The molecular formula is C16H16Cl2N6. The van der Waals surface area contributed by atoms with Crippen LogP contribution in [0.5, 0.6) is 0 Å². The van der Waals surface area contributed by atoms with Gasteiger partial charge in [0.2, 0.25) is 0 Å². The second kappa shape index (κ2) is 6.20. The highest BCUT2D eigenvalue weighted by Gasteiger charge is 2.20. The van der Waals surface area contributed by atoms with Gasteiger partial charge in [0.1, 0.15) is 5.52 Å². The third kappa shape index (κ3) is 2.81. The Bertz CT molecular complexity index is 885. The van der Waals surface area contributed by atoms with Crippen molar-refractivity contribution < 1.29 is 0 Å². The van der Waals surface area contributed by atoms with E-state index < -0.39 is 0 Å². The Morgan fingerprint density at radius 1 is 1.04 bits per heavy atom. The number of hydrogen-bond acceptors (Lipinski definition) is 5. The molecule has 3 aromatic rings. The van der Waals surface area contributed by atoms with Crippen LogP contribution in [0.1, 0.15) is 0 Å². The zero-order valence-corrected chi connectivity index (χ0v) is 14.6. The summed E-state index contributed by atoms with van der Waals surface area (Å²) in [5, 5.41) is 1.00. The third-order valence-electron chi connectivity index (χ3n) is 4.25. The molecule has 1 N–H and O–H groups in total. The van der Waals surface area contributed by atoms with Gasteiger partial charge in [-0.2, -0.15) is 0 Å². The number of nitrogens with zero attached hydrogens (tertiary/aromatic N) is 5. The Kier molecular flexibility index (Phi) is 4.04. The number of nitrogens with one attached hydrogen (secondary N) is 1. The maximum absolute atomic E-state index is 6.14. The first kappa shape index (κ1) is 15.6. The fourth-order valence-corrected chi connectivity index (χ4v) is 3.13. The largest absolute Gasteiger partial charge is 0.352 e. The molecule has 2 aromatic heterocycles. The molecule has 1 fully saturated rings.